The predicted octanol–water partition coefficient (Wildman–Crippen LogP) is 1.76. The standard InChI is InChI=1S/C13H16N2O2/c1-3-11-6-8-12(9-7-11)5-4-10(2)15(17)13(14)16/h6-10,17H,3H2,1-2H3,(H2,14,16). The summed E-state index contributed by atoms with van der Waals surface area (Å²) in [7, 11) is 0. The van der Waals surface area contributed by atoms with Crippen molar-refractivity contribution in [3.05, 3.63) is 35.4 Å². The second kappa shape index (κ2) is 5.92. The number of benzene rings is 1. The van der Waals surface area contributed by atoms with E-state index in [1.54, 1.807) is 6.92 Å². The maximum Gasteiger partial charge on any atom is 0.339 e. The van der Waals surface area contributed by atoms with Crippen LogP contribution in [-0.4, -0.2) is 22.3 Å². The van der Waals surface area contributed by atoms with Gasteiger partial charge < -0.3 is 5.73 Å². The van der Waals surface area contributed by atoms with Crippen LogP contribution < -0.4 is 5.73 Å². The van der Waals surface area contributed by atoms with Crippen molar-refractivity contribution in [2.75, 3.05) is 0 Å². The summed E-state index contributed by atoms with van der Waals surface area (Å²) in [5.41, 5.74) is 6.99. The van der Waals surface area contributed by atoms with Crippen molar-refractivity contribution in [3.63, 3.8) is 0 Å². The first-order chi connectivity index (χ1) is 8.04. The van der Waals surface area contributed by atoms with Gasteiger partial charge in [0.05, 0.1) is 0 Å². The highest BCUT2D eigenvalue weighted by atomic mass is 16.5. The lowest BCUT2D eigenvalue weighted by molar-refractivity contribution is -0.0536. The van der Waals surface area contributed by atoms with Crippen molar-refractivity contribution in [2.24, 2.45) is 5.73 Å². The largest absolute Gasteiger partial charge is 0.350 e. The van der Waals surface area contributed by atoms with Crippen LogP contribution in [0, 0.1) is 11.8 Å². The van der Waals surface area contributed by atoms with E-state index in [1.165, 1.54) is 5.56 Å². The lowest BCUT2D eigenvalue weighted by atomic mass is 10.1. The molecule has 1 atom stereocenters. The molecule has 4 nitrogen and oxygen atoms in total. The Hall–Kier alpha value is -1.99. The van der Waals surface area contributed by atoms with E-state index in [0.717, 1.165) is 12.0 Å². The number of carbonyl (C=O) groups excluding carboxylic acids is 1. The monoisotopic (exact) mass is 232 g/mol. The second-order valence-electron chi connectivity index (χ2n) is 3.68. The summed E-state index contributed by atoms with van der Waals surface area (Å²) < 4.78 is 0. The van der Waals surface area contributed by atoms with Gasteiger partial charge in [0.1, 0.15) is 6.04 Å². The van der Waals surface area contributed by atoms with Crippen LogP contribution in [0.5, 0.6) is 0 Å². The minimum absolute atomic E-state index is 0.410. The quantitative estimate of drug-likeness (QED) is 0.463. The highest BCUT2D eigenvalue weighted by Crippen LogP contribution is 2.04. The van der Waals surface area contributed by atoms with Gasteiger partial charge in [0, 0.05) is 5.56 Å². The van der Waals surface area contributed by atoms with Gasteiger partial charge in [-0.3, -0.25) is 5.21 Å². The van der Waals surface area contributed by atoms with Crippen LogP contribution in [-0.2, 0) is 6.42 Å². The number of hydrogen-bond donors (Lipinski definition) is 2. The Morgan fingerprint density at radius 1 is 1.47 bits per heavy atom. The maximum atomic E-state index is 10.7. The molecule has 0 aliphatic carbocycles. The van der Waals surface area contributed by atoms with E-state index < -0.39 is 12.1 Å². The normalized spacial score (nSPS) is 11.2. The van der Waals surface area contributed by atoms with Gasteiger partial charge in [-0.05, 0) is 31.0 Å². The van der Waals surface area contributed by atoms with Crippen molar-refractivity contribution in [3.8, 4) is 11.8 Å². The van der Waals surface area contributed by atoms with Crippen LogP contribution in [0.2, 0.25) is 0 Å². The molecule has 4 heteroatoms. The van der Waals surface area contributed by atoms with E-state index in [1.807, 2.05) is 24.3 Å². The molecule has 1 unspecified atom stereocenters. The summed E-state index contributed by atoms with van der Waals surface area (Å²) >= 11 is 0. The summed E-state index contributed by atoms with van der Waals surface area (Å²) in [6.45, 7) is 3.68. The van der Waals surface area contributed by atoms with Gasteiger partial charge >= 0.3 is 6.03 Å². The molecule has 1 rings (SSSR count). The number of rotatable bonds is 2. The molecular weight excluding hydrogens is 216 g/mol. The zero-order chi connectivity index (χ0) is 12.8. The van der Waals surface area contributed by atoms with Gasteiger partial charge in [-0.1, -0.05) is 30.9 Å². The zero-order valence-electron chi connectivity index (χ0n) is 9.97. The molecule has 0 heterocycles. The van der Waals surface area contributed by atoms with Crippen LogP contribution in [0.3, 0.4) is 0 Å². The third-order valence-corrected chi connectivity index (χ3v) is 2.38. The van der Waals surface area contributed by atoms with Gasteiger partial charge in [-0.2, -0.15) is 5.06 Å². The number of aryl methyl sites for hydroxylation is 1. The first-order valence-electron chi connectivity index (χ1n) is 5.42. The summed E-state index contributed by atoms with van der Waals surface area (Å²) in [5, 5.41) is 9.62. The lowest BCUT2D eigenvalue weighted by Gasteiger charge is -2.14. The van der Waals surface area contributed by atoms with E-state index >= 15 is 0 Å². The number of amides is 2. The number of urea groups is 1. The number of hydroxylamine groups is 2. The topological polar surface area (TPSA) is 66.6 Å². The molecule has 0 radical (unpaired) electrons. The van der Waals surface area contributed by atoms with Gasteiger partial charge in [-0.15, -0.1) is 0 Å². The Labute approximate surface area is 101 Å². The van der Waals surface area contributed by atoms with Crippen LogP contribution in [0.15, 0.2) is 24.3 Å². The molecule has 0 aliphatic heterocycles. The van der Waals surface area contributed by atoms with Crippen molar-refractivity contribution < 1.29 is 10.0 Å². The van der Waals surface area contributed by atoms with Gasteiger partial charge in [0.15, 0.2) is 0 Å². The van der Waals surface area contributed by atoms with Crippen molar-refractivity contribution in [1.82, 2.24) is 5.06 Å². The van der Waals surface area contributed by atoms with Crippen LogP contribution in [0.25, 0.3) is 0 Å². The molecule has 0 fully saturated rings. The zero-order valence-corrected chi connectivity index (χ0v) is 9.97. The fourth-order valence-corrected chi connectivity index (χ4v) is 1.26. The third-order valence-electron chi connectivity index (χ3n) is 2.38. The molecule has 17 heavy (non-hydrogen) atoms. The van der Waals surface area contributed by atoms with E-state index in [-0.39, 0.29) is 0 Å². The predicted molar refractivity (Wildman–Crippen MR) is 65.4 cm³/mol. The molecular formula is C13H16N2O2. The Kier molecular flexibility index (Phi) is 4.56. The summed E-state index contributed by atoms with van der Waals surface area (Å²) in [6.07, 6.45) is 0.982. The Morgan fingerprint density at radius 2 is 2.06 bits per heavy atom. The second-order valence-corrected chi connectivity index (χ2v) is 3.68. The number of carbonyl (C=O) groups is 1. The Bertz CT molecular complexity index is 443. The van der Waals surface area contributed by atoms with Crippen molar-refractivity contribution >= 4 is 6.03 Å². The maximum absolute atomic E-state index is 10.7. The molecule has 1 aromatic carbocycles. The van der Waals surface area contributed by atoms with E-state index in [2.05, 4.69) is 18.8 Å². The molecule has 0 saturated heterocycles. The molecule has 2 amide bonds. The molecule has 0 bridgehead atoms. The van der Waals surface area contributed by atoms with E-state index in [4.69, 9.17) is 5.73 Å². The first kappa shape index (κ1) is 13.1. The van der Waals surface area contributed by atoms with Crippen molar-refractivity contribution in [2.45, 2.75) is 26.3 Å². The summed E-state index contributed by atoms with van der Waals surface area (Å²) in [6, 6.07) is 6.28. The molecule has 0 aliphatic rings. The Balaban J connectivity index is 2.73. The third kappa shape index (κ3) is 3.82. The smallest absolute Gasteiger partial charge is 0.339 e. The van der Waals surface area contributed by atoms with Gasteiger partial charge in [0.25, 0.3) is 0 Å². The average Bonchev–Trinajstić information content (AvgIpc) is 2.35. The summed E-state index contributed by atoms with van der Waals surface area (Å²) in [4.78, 5) is 10.7. The molecule has 3 N–H and O–H groups in total. The van der Waals surface area contributed by atoms with Crippen molar-refractivity contribution in [1.29, 1.82) is 0 Å². The average molecular weight is 232 g/mol. The fraction of sp³-hybridized carbons (Fsp3) is 0.308. The first-order valence-corrected chi connectivity index (χ1v) is 5.42. The highest BCUT2D eigenvalue weighted by molar-refractivity contribution is 5.71. The highest BCUT2D eigenvalue weighted by Gasteiger charge is 2.11. The van der Waals surface area contributed by atoms with Gasteiger partial charge in [0.2, 0.25) is 0 Å². The molecule has 0 saturated carbocycles. The lowest BCUT2D eigenvalue weighted by Crippen LogP contribution is -2.38. The SMILES string of the molecule is CCc1ccc(C#CC(C)N(O)C(N)=O)cc1. The number of primary amides is 1. The molecule has 90 valence electrons. The van der Waals surface area contributed by atoms with Crippen LogP contribution >= 0.6 is 0 Å². The molecule has 0 aromatic heterocycles. The fourth-order valence-electron chi connectivity index (χ4n) is 1.26. The number of hydrogen-bond acceptors (Lipinski definition) is 2. The van der Waals surface area contributed by atoms with Crippen LogP contribution in [0.1, 0.15) is 25.0 Å². The molecule has 0 spiro atoms. The minimum atomic E-state index is -0.909. The van der Waals surface area contributed by atoms with E-state index in [0.29, 0.717) is 5.06 Å². The van der Waals surface area contributed by atoms with Gasteiger partial charge in [-0.25, -0.2) is 4.79 Å². The minimum Gasteiger partial charge on any atom is -0.350 e. The van der Waals surface area contributed by atoms with Crippen LogP contribution in [0.4, 0.5) is 4.79 Å². The Morgan fingerprint density at radius 3 is 2.53 bits per heavy atom. The molecule has 1 aromatic rings. The number of nitrogens with two attached hydrogens (primary N) is 1. The summed E-state index contributed by atoms with van der Waals surface area (Å²) in [5.74, 6) is 5.61. The van der Waals surface area contributed by atoms with E-state index in [9.17, 15) is 10.0 Å². The number of nitrogens with zero attached hydrogens (tertiary/aromatic N) is 1.